The zero-order valence-electron chi connectivity index (χ0n) is 12.6. The molecule has 0 spiro atoms. The third kappa shape index (κ3) is 4.30. The van der Waals surface area contributed by atoms with Gasteiger partial charge in [0.2, 0.25) is 0 Å². The van der Waals surface area contributed by atoms with Gasteiger partial charge in [0, 0.05) is 20.5 Å². The normalized spacial score (nSPS) is 10.4. The molecule has 0 amide bonds. The minimum absolute atomic E-state index is 0.140. The molecule has 0 saturated carbocycles. The molecular weight excluding hydrogens is 276 g/mol. The average Bonchev–Trinajstić information content (AvgIpc) is 2.84. The first kappa shape index (κ1) is 16.6. The van der Waals surface area contributed by atoms with Gasteiger partial charge in [-0.05, 0) is 13.3 Å². The van der Waals surface area contributed by atoms with Gasteiger partial charge >= 0.3 is 5.97 Å². The topological polar surface area (TPSA) is 59.5 Å². The Bertz CT molecular complexity index is 471. The van der Waals surface area contributed by atoms with Crippen LogP contribution in [0.3, 0.4) is 0 Å². The fourth-order valence-electron chi connectivity index (χ4n) is 1.74. The van der Waals surface area contributed by atoms with Crippen LogP contribution in [0.25, 0.3) is 0 Å². The largest absolute Gasteiger partial charge is 0.461 e. The van der Waals surface area contributed by atoms with Gasteiger partial charge in [0.1, 0.15) is 4.88 Å². The van der Waals surface area contributed by atoms with Crippen LogP contribution in [-0.4, -0.2) is 36.9 Å². The van der Waals surface area contributed by atoms with E-state index in [1.807, 2.05) is 11.9 Å². The molecule has 0 aliphatic heterocycles. The van der Waals surface area contributed by atoms with E-state index in [0.717, 1.165) is 25.8 Å². The Morgan fingerprint density at radius 2 is 2.00 bits per heavy atom. The van der Waals surface area contributed by atoms with Crippen molar-refractivity contribution in [3.63, 3.8) is 0 Å². The zero-order valence-corrected chi connectivity index (χ0v) is 13.4. The lowest BCUT2D eigenvalue weighted by molar-refractivity contribution is 0.0517. The smallest absolute Gasteiger partial charge is 0.358 e. The summed E-state index contributed by atoms with van der Waals surface area (Å²) in [4.78, 5) is 30.1. The van der Waals surface area contributed by atoms with Crippen LogP contribution in [0.15, 0.2) is 0 Å². The van der Waals surface area contributed by atoms with Crippen molar-refractivity contribution in [2.24, 2.45) is 0 Å². The molecule has 0 saturated heterocycles. The summed E-state index contributed by atoms with van der Waals surface area (Å²) < 4.78 is 4.94. The third-order valence-corrected chi connectivity index (χ3v) is 4.10. The number of hydrogen-bond acceptors (Lipinski definition) is 6. The molecule has 0 N–H and O–H groups in total. The number of carbonyl (C=O) groups excluding carboxylic acids is 2. The minimum atomic E-state index is -0.526. The molecule has 0 fully saturated rings. The van der Waals surface area contributed by atoms with Crippen LogP contribution in [0.4, 0.5) is 5.13 Å². The van der Waals surface area contributed by atoms with Crippen LogP contribution < -0.4 is 4.90 Å². The van der Waals surface area contributed by atoms with Crippen LogP contribution in [0.2, 0.25) is 0 Å². The average molecular weight is 298 g/mol. The quantitative estimate of drug-likeness (QED) is 0.419. The summed E-state index contributed by atoms with van der Waals surface area (Å²) in [5, 5.41) is 0.689. The molecule has 1 aromatic rings. The van der Waals surface area contributed by atoms with E-state index in [1.165, 1.54) is 18.3 Å². The van der Waals surface area contributed by atoms with Gasteiger partial charge in [-0.15, -0.1) is 0 Å². The predicted molar refractivity (Wildman–Crippen MR) is 80.9 cm³/mol. The number of rotatable bonds is 8. The van der Waals surface area contributed by atoms with Gasteiger partial charge in [0.15, 0.2) is 16.6 Å². The van der Waals surface area contributed by atoms with E-state index in [2.05, 4.69) is 11.9 Å². The van der Waals surface area contributed by atoms with Gasteiger partial charge in [-0.25, -0.2) is 9.78 Å². The standard InChI is InChI=1S/C14H22N2O3S/c1-5-7-8-9-16(4)14-15-11(13(18)19-6-2)12(20-14)10(3)17/h5-9H2,1-4H3. The van der Waals surface area contributed by atoms with E-state index >= 15 is 0 Å². The third-order valence-electron chi connectivity index (χ3n) is 2.83. The fraction of sp³-hybridized carbons (Fsp3) is 0.643. The number of anilines is 1. The van der Waals surface area contributed by atoms with E-state index < -0.39 is 5.97 Å². The van der Waals surface area contributed by atoms with Crippen LogP contribution in [0, 0.1) is 0 Å². The number of ketones is 1. The van der Waals surface area contributed by atoms with Gasteiger partial charge in [0.05, 0.1) is 6.61 Å². The van der Waals surface area contributed by atoms with Crippen molar-refractivity contribution in [3.05, 3.63) is 10.6 Å². The van der Waals surface area contributed by atoms with Gasteiger partial charge in [-0.2, -0.15) is 0 Å². The lowest BCUT2D eigenvalue weighted by Gasteiger charge is -2.14. The van der Waals surface area contributed by atoms with Crippen LogP contribution in [0.5, 0.6) is 0 Å². The number of ether oxygens (including phenoxy) is 1. The summed E-state index contributed by atoms with van der Waals surface area (Å²) in [5.74, 6) is -0.680. The van der Waals surface area contributed by atoms with E-state index in [-0.39, 0.29) is 18.1 Å². The van der Waals surface area contributed by atoms with Gasteiger partial charge in [-0.1, -0.05) is 31.1 Å². The first-order chi connectivity index (χ1) is 9.51. The van der Waals surface area contributed by atoms with E-state index in [9.17, 15) is 9.59 Å². The Labute approximate surface area is 124 Å². The summed E-state index contributed by atoms with van der Waals surface area (Å²) in [5.41, 5.74) is 0.140. The van der Waals surface area contributed by atoms with Crippen molar-refractivity contribution >= 4 is 28.2 Å². The highest BCUT2D eigenvalue weighted by molar-refractivity contribution is 7.17. The molecule has 5 nitrogen and oxygen atoms in total. The summed E-state index contributed by atoms with van der Waals surface area (Å²) in [6.07, 6.45) is 3.37. The number of hydrogen-bond donors (Lipinski definition) is 0. The Morgan fingerprint density at radius 3 is 2.55 bits per heavy atom. The Hall–Kier alpha value is -1.43. The van der Waals surface area contributed by atoms with E-state index in [1.54, 1.807) is 6.92 Å². The summed E-state index contributed by atoms with van der Waals surface area (Å²) in [7, 11) is 1.92. The highest BCUT2D eigenvalue weighted by atomic mass is 32.1. The Balaban J connectivity index is 2.91. The fourth-order valence-corrected chi connectivity index (χ4v) is 2.68. The minimum Gasteiger partial charge on any atom is -0.461 e. The summed E-state index contributed by atoms with van der Waals surface area (Å²) in [6, 6.07) is 0. The molecule has 1 rings (SSSR count). The number of carbonyl (C=O) groups is 2. The molecule has 20 heavy (non-hydrogen) atoms. The van der Waals surface area contributed by atoms with Gasteiger partial charge in [-0.3, -0.25) is 4.79 Å². The molecule has 6 heteroatoms. The second-order valence-corrected chi connectivity index (χ2v) is 5.56. The predicted octanol–water partition coefficient (Wildman–Crippen LogP) is 3.15. The maximum atomic E-state index is 11.8. The van der Waals surface area contributed by atoms with Crippen LogP contribution in [0.1, 0.15) is 60.2 Å². The lowest BCUT2D eigenvalue weighted by Crippen LogP contribution is -2.18. The van der Waals surface area contributed by atoms with E-state index in [0.29, 0.717) is 10.0 Å². The molecule has 112 valence electrons. The van der Waals surface area contributed by atoms with Gasteiger partial charge < -0.3 is 9.64 Å². The maximum absolute atomic E-state index is 11.8. The highest BCUT2D eigenvalue weighted by Gasteiger charge is 2.23. The molecule has 0 unspecified atom stereocenters. The lowest BCUT2D eigenvalue weighted by atomic mass is 10.2. The molecule has 0 bridgehead atoms. The Kier molecular flexibility index (Phi) is 6.64. The Morgan fingerprint density at radius 1 is 1.30 bits per heavy atom. The second-order valence-electron chi connectivity index (χ2n) is 4.58. The number of esters is 1. The molecule has 0 aliphatic rings. The molecule has 1 heterocycles. The van der Waals surface area contributed by atoms with Gasteiger partial charge in [0.25, 0.3) is 0 Å². The molecule has 0 aliphatic carbocycles. The number of aromatic nitrogens is 1. The zero-order chi connectivity index (χ0) is 15.1. The molecule has 0 radical (unpaired) electrons. The number of Topliss-reactive ketones (excluding diaryl/α,β-unsaturated/α-hetero) is 1. The monoisotopic (exact) mass is 298 g/mol. The molecule has 1 aromatic heterocycles. The SMILES string of the molecule is CCCCCN(C)c1nc(C(=O)OCC)c(C(C)=O)s1. The summed E-state index contributed by atoms with van der Waals surface area (Å²) >= 11 is 1.25. The van der Waals surface area contributed by atoms with Crippen molar-refractivity contribution < 1.29 is 14.3 Å². The van der Waals surface area contributed by atoms with Crippen molar-refractivity contribution in [1.82, 2.24) is 4.98 Å². The van der Waals surface area contributed by atoms with Crippen molar-refractivity contribution in [2.75, 3.05) is 25.1 Å². The number of unbranched alkanes of at least 4 members (excludes halogenated alkanes) is 2. The highest BCUT2D eigenvalue weighted by Crippen LogP contribution is 2.27. The maximum Gasteiger partial charge on any atom is 0.358 e. The molecule has 0 aromatic carbocycles. The summed E-state index contributed by atoms with van der Waals surface area (Å²) in [6.45, 7) is 6.46. The van der Waals surface area contributed by atoms with E-state index in [4.69, 9.17) is 4.74 Å². The molecular formula is C14H22N2O3S. The number of nitrogens with zero attached hydrogens (tertiary/aromatic N) is 2. The molecule has 0 atom stereocenters. The van der Waals surface area contributed by atoms with Crippen molar-refractivity contribution in [1.29, 1.82) is 0 Å². The first-order valence-corrected chi connectivity index (χ1v) is 7.72. The van der Waals surface area contributed by atoms with Crippen molar-refractivity contribution in [2.45, 2.75) is 40.0 Å². The second kappa shape index (κ2) is 7.99. The van der Waals surface area contributed by atoms with Crippen LogP contribution >= 0.6 is 11.3 Å². The first-order valence-electron chi connectivity index (χ1n) is 6.91. The van der Waals surface area contributed by atoms with Crippen molar-refractivity contribution in [3.8, 4) is 0 Å². The van der Waals surface area contributed by atoms with Crippen LogP contribution in [-0.2, 0) is 4.74 Å². The number of thiazole rings is 1.